The smallest absolute Gasteiger partial charge is 0.0701 e. The molecule has 0 rings (SSSR count). The summed E-state index contributed by atoms with van der Waals surface area (Å²) in [6.45, 7) is 12.6. The number of ether oxygens (including phenoxy) is 8. The van der Waals surface area contributed by atoms with E-state index in [1.807, 2.05) is 6.08 Å². The molecule has 0 saturated heterocycles. The third-order valence-corrected chi connectivity index (χ3v) is 4.86. The first-order chi connectivity index (χ1) is 16.9. The van der Waals surface area contributed by atoms with Crippen molar-refractivity contribution in [3.05, 3.63) is 12.7 Å². The molecule has 8 nitrogen and oxygen atoms in total. The molecule has 0 unspecified atom stereocenters. The minimum absolute atomic E-state index is 0.549. The fraction of sp³-hybridized carbons (Fsp3) is 0.923. The molecule has 0 aromatic carbocycles. The van der Waals surface area contributed by atoms with Gasteiger partial charge in [0.1, 0.15) is 0 Å². The maximum Gasteiger partial charge on any atom is 0.0701 e. The van der Waals surface area contributed by atoms with E-state index < -0.39 is 0 Å². The zero-order valence-corrected chi connectivity index (χ0v) is 21.8. The van der Waals surface area contributed by atoms with E-state index in [9.17, 15) is 0 Å². The summed E-state index contributed by atoms with van der Waals surface area (Å²) in [5, 5.41) is 0. The van der Waals surface area contributed by atoms with Crippen molar-refractivity contribution in [3.8, 4) is 0 Å². The quantitative estimate of drug-likeness (QED) is 0.106. The molecular formula is C26H52O8. The largest absolute Gasteiger partial charge is 0.382 e. The Morgan fingerprint density at radius 2 is 0.676 bits per heavy atom. The van der Waals surface area contributed by atoms with Crippen molar-refractivity contribution in [1.29, 1.82) is 0 Å². The third kappa shape index (κ3) is 31.4. The Kier molecular flexibility index (Phi) is 31.9. The topological polar surface area (TPSA) is 73.8 Å². The summed E-state index contributed by atoms with van der Waals surface area (Å²) in [5.74, 6) is 0. The van der Waals surface area contributed by atoms with Crippen LogP contribution in [0.4, 0.5) is 0 Å². The second-order valence-electron chi connectivity index (χ2n) is 7.83. The first-order valence-electron chi connectivity index (χ1n) is 13.1. The van der Waals surface area contributed by atoms with Gasteiger partial charge in [-0.25, -0.2) is 0 Å². The predicted molar refractivity (Wildman–Crippen MR) is 135 cm³/mol. The summed E-state index contributed by atoms with van der Waals surface area (Å²) in [5.41, 5.74) is 0. The Morgan fingerprint density at radius 3 is 1.03 bits per heavy atom. The SMILES string of the molecule is C=CCCCCCCCCCOCCOCCOCCOCCOCCOCCOCCOC. The molecule has 0 aliphatic heterocycles. The number of allylic oxidation sites excluding steroid dienone is 1. The molecule has 0 spiro atoms. The van der Waals surface area contributed by atoms with E-state index in [2.05, 4.69) is 6.58 Å². The van der Waals surface area contributed by atoms with E-state index in [4.69, 9.17) is 37.9 Å². The van der Waals surface area contributed by atoms with Crippen LogP contribution in [0.2, 0.25) is 0 Å². The molecule has 0 saturated carbocycles. The second kappa shape index (κ2) is 32.4. The first-order valence-corrected chi connectivity index (χ1v) is 13.1. The van der Waals surface area contributed by atoms with Crippen molar-refractivity contribution >= 4 is 0 Å². The highest BCUT2D eigenvalue weighted by Gasteiger charge is 1.95. The maximum absolute atomic E-state index is 5.60. The molecular weight excluding hydrogens is 440 g/mol. The molecule has 0 aromatic rings. The van der Waals surface area contributed by atoms with Gasteiger partial charge in [0.25, 0.3) is 0 Å². The van der Waals surface area contributed by atoms with Crippen LogP contribution in [-0.2, 0) is 37.9 Å². The van der Waals surface area contributed by atoms with Crippen LogP contribution in [0.5, 0.6) is 0 Å². The lowest BCUT2D eigenvalue weighted by Gasteiger charge is -2.08. The molecule has 0 radical (unpaired) electrons. The Morgan fingerprint density at radius 1 is 0.382 bits per heavy atom. The van der Waals surface area contributed by atoms with Gasteiger partial charge in [0, 0.05) is 13.7 Å². The number of methoxy groups -OCH3 is 1. The Bertz CT molecular complexity index is 371. The summed E-state index contributed by atoms with van der Waals surface area (Å²) in [6.07, 6.45) is 12.1. The molecule has 34 heavy (non-hydrogen) atoms. The lowest BCUT2D eigenvalue weighted by atomic mass is 10.1. The summed E-state index contributed by atoms with van der Waals surface area (Å²) in [4.78, 5) is 0. The number of rotatable bonds is 31. The predicted octanol–water partition coefficient (Wildman–Crippen LogP) is 4.06. The van der Waals surface area contributed by atoms with E-state index in [-0.39, 0.29) is 0 Å². The minimum atomic E-state index is 0.549. The lowest BCUT2D eigenvalue weighted by molar-refractivity contribution is -0.0221. The highest BCUT2D eigenvalue weighted by atomic mass is 16.6. The second-order valence-corrected chi connectivity index (χ2v) is 7.83. The monoisotopic (exact) mass is 492 g/mol. The van der Waals surface area contributed by atoms with Gasteiger partial charge in [0.2, 0.25) is 0 Å². The first kappa shape index (κ1) is 33.4. The van der Waals surface area contributed by atoms with Gasteiger partial charge in [-0.3, -0.25) is 0 Å². The minimum Gasteiger partial charge on any atom is -0.382 e. The number of unbranched alkanes of at least 4 members (excludes halogenated alkanes) is 7. The average molecular weight is 493 g/mol. The molecule has 0 aliphatic carbocycles. The van der Waals surface area contributed by atoms with Crippen molar-refractivity contribution in [1.82, 2.24) is 0 Å². The third-order valence-electron chi connectivity index (χ3n) is 4.86. The van der Waals surface area contributed by atoms with Gasteiger partial charge < -0.3 is 37.9 Å². The number of hydrogen-bond donors (Lipinski definition) is 0. The van der Waals surface area contributed by atoms with Gasteiger partial charge in [-0.05, 0) is 19.3 Å². The van der Waals surface area contributed by atoms with Crippen molar-refractivity contribution < 1.29 is 37.9 Å². The van der Waals surface area contributed by atoms with Crippen LogP contribution in [-0.4, -0.2) is 106 Å². The standard InChI is InChI=1S/C26H52O8/c1-3-4-5-6-7-8-9-10-11-12-28-15-16-30-19-20-32-23-24-34-26-25-33-22-21-31-18-17-29-14-13-27-2/h3H,1,4-26H2,2H3. The number of hydrogen-bond acceptors (Lipinski definition) is 8. The molecule has 8 heteroatoms. The van der Waals surface area contributed by atoms with Gasteiger partial charge >= 0.3 is 0 Å². The van der Waals surface area contributed by atoms with E-state index in [1.54, 1.807) is 7.11 Å². The fourth-order valence-corrected chi connectivity index (χ4v) is 2.94. The lowest BCUT2D eigenvalue weighted by Crippen LogP contribution is -2.14. The normalized spacial score (nSPS) is 11.3. The van der Waals surface area contributed by atoms with Crippen molar-refractivity contribution in [2.24, 2.45) is 0 Å². The van der Waals surface area contributed by atoms with Crippen LogP contribution in [0, 0.1) is 0 Å². The summed E-state index contributed by atoms with van der Waals surface area (Å²) < 4.78 is 43.1. The van der Waals surface area contributed by atoms with Crippen molar-refractivity contribution in [2.75, 3.05) is 106 Å². The Hall–Kier alpha value is -0.580. The highest BCUT2D eigenvalue weighted by Crippen LogP contribution is 2.08. The van der Waals surface area contributed by atoms with Crippen LogP contribution in [0.15, 0.2) is 12.7 Å². The molecule has 0 atom stereocenters. The summed E-state index contributed by atoms with van der Waals surface area (Å²) in [7, 11) is 1.65. The molecule has 0 fully saturated rings. The van der Waals surface area contributed by atoms with Crippen LogP contribution < -0.4 is 0 Å². The fourth-order valence-electron chi connectivity index (χ4n) is 2.94. The highest BCUT2D eigenvalue weighted by molar-refractivity contribution is 4.65. The van der Waals surface area contributed by atoms with Gasteiger partial charge in [-0.1, -0.05) is 38.2 Å². The van der Waals surface area contributed by atoms with Crippen LogP contribution >= 0.6 is 0 Å². The van der Waals surface area contributed by atoms with Crippen LogP contribution in [0.3, 0.4) is 0 Å². The van der Waals surface area contributed by atoms with Crippen LogP contribution in [0.25, 0.3) is 0 Å². The van der Waals surface area contributed by atoms with E-state index >= 15 is 0 Å². The summed E-state index contributed by atoms with van der Waals surface area (Å²) in [6, 6.07) is 0. The molecule has 0 bridgehead atoms. The molecule has 204 valence electrons. The molecule has 0 aromatic heterocycles. The molecule has 0 amide bonds. The zero-order chi connectivity index (χ0) is 24.6. The summed E-state index contributed by atoms with van der Waals surface area (Å²) >= 11 is 0. The van der Waals surface area contributed by atoms with E-state index in [1.165, 1.54) is 38.5 Å². The van der Waals surface area contributed by atoms with Gasteiger partial charge in [-0.15, -0.1) is 6.58 Å². The Labute approximate surface area is 208 Å². The van der Waals surface area contributed by atoms with Gasteiger partial charge in [0.15, 0.2) is 0 Å². The van der Waals surface area contributed by atoms with E-state index in [0.29, 0.717) is 92.5 Å². The molecule has 0 heterocycles. The molecule has 0 N–H and O–H groups in total. The zero-order valence-electron chi connectivity index (χ0n) is 21.8. The van der Waals surface area contributed by atoms with Gasteiger partial charge in [-0.2, -0.15) is 0 Å². The average Bonchev–Trinajstić information content (AvgIpc) is 2.85. The van der Waals surface area contributed by atoms with Crippen LogP contribution in [0.1, 0.15) is 51.4 Å². The van der Waals surface area contributed by atoms with Gasteiger partial charge in [0.05, 0.1) is 92.5 Å². The Balaban J connectivity index is 3.00. The van der Waals surface area contributed by atoms with E-state index in [0.717, 1.165) is 19.4 Å². The van der Waals surface area contributed by atoms with Crippen molar-refractivity contribution in [3.63, 3.8) is 0 Å². The molecule has 0 aliphatic rings. The van der Waals surface area contributed by atoms with Crippen molar-refractivity contribution in [2.45, 2.75) is 51.4 Å². The maximum atomic E-state index is 5.60.